The Balaban J connectivity index is 1.63. The fourth-order valence-electron chi connectivity index (χ4n) is 2.32. The molecule has 3 amide bonds. The molecule has 0 aliphatic heterocycles. The van der Waals surface area contributed by atoms with Crippen molar-refractivity contribution in [1.29, 1.82) is 0 Å². The van der Waals surface area contributed by atoms with Gasteiger partial charge >= 0.3 is 6.03 Å². The van der Waals surface area contributed by atoms with Crippen LogP contribution >= 0.6 is 0 Å². The highest BCUT2D eigenvalue weighted by atomic mass is 19.1. The zero-order valence-electron chi connectivity index (χ0n) is 14.5. The van der Waals surface area contributed by atoms with Crippen LogP contribution in [0, 0.1) is 5.82 Å². The van der Waals surface area contributed by atoms with E-state index in [9.17, 15) is 14.0 Å². The van der Waals surface area contributed by atoms with Gasteiger partial charge in [-0.1, -0.05) is 30.3 Å². The minimum Gasteiger partial charge on any atom is -0.496 e. The van der Waals surface area contributed by atoms with Crippen LogP contribution < -0.4 is 20.7 Å². The number of amides is 3. The van der Waals surface area contributed by atoms with Gasteiger partial charge in [-0.15, -0.1) is 0 Å². The van der Waals surface area contributed by atoms with E-state index >= 15 is 0 Å². The molecule has 0 spiro atoms. The van der Waals surface area contributed by atoms with Gasteiger partial charge in [-0.25, -0.2) is 9.18 Å². The standard InChI is InChI=1S/C19H22FN3O3/c1-26-17-5-3-2-4-15(17)10-11-21-18(24)13-23-19(25)22-12-14-6-8-16(20)9-7-14/h2-9H,10-13H2,1H3,(H,21,24)(H2,22,23,25). The van der Waals surface area contributed by atoms with Crippen molar-refractivity contribution in [3.05, 3.63) is 65.5 Å². The van der Waals surface area contributed by atoms with Gasteiger partial charge in [0, 0.05) is 13.1 Å². The van der Waals surface area contributed by atoms with Crippen LogP contribution in [0.2, 0.25) is 0 Å². The molecule has 2 aromatic carbocycles. The molecule has 0 unspecified atom stereocenters. The largest absolute Gasteiger partial charge is 0.496 e. The lowest BCUT2D eigenvalue weighted by Gasteiger charge is -2.10. The van der Waals surface area contributed by atoms with Crippen LogP contribution in [0.25, 0.3) is 0 Å². The van der Waals surface area contributed by atoms with E-state index in [1.165, 1.54) is 12.1 Å². The Morgan fingerprint density at radius 3 is 2.46 bits per heavy atom. The smallest absolute Gasteiger partial charge is 0.315 e. The number of ether oxygens (including phenoxy) is 1. The van der Waals surface area contributed by atoms with Gasteiger partial charge < -0.3 is 20.7 Å². The van der Waals surface area contributed by atoms with Crippen LogP contribution in [0.15, 0.2) is 48.5 Å². The number of carbonyl (C=O) groups excluding carboxylic acids is 2. The molecule has 0 aliphatic rings. The summed E-state index contributed by atoms with van der Waals surface area (Å²) in [7, 11) is 1.60. The lowest BCUT2D eigenvalue weighted by Crippen LogP contribution is -2.42. The van der Waals surface area contributed by atoms with Gasteiger partial charge in [0.2, 0.25) is 5.91 Å². The van der Waals surface area contributed by atoms with Gasteiger partial charge in [0.05, 0.1) is 13.7 Å². The van der Waals surface area contributed by atoms with E-state index < -0.39 is 6.03 Å². The first-order chi connectivity index (χ1) is 12.6. The van der Waals surface area contributed by atoms with Crippen LogP contribution in [0.3, 0.4) is 0 Å². The number of para-hydroxylation sites is 1. The van der Waals surface area contributed by atoms with Crippen LogP contribution in [0.4, 0.5) is 9.18 Å². The Hall–Kier alpha value is -3.09. The molecule has 0 heterocycles. The van der Waals surface area contributed by atoms with Crippen LogP contribution in [0.1, 0.15) is 11.1 Å². The van der Waals surface area contributed by atoms with Crippen LogP contribution in [0.5, 0.6) is 5.75 Å². The third-order valence-corrected chi connectivity index (χ3v) is 3.68. The first-order valence-corrected chi connectivity index (χ1v) is 8.23. The second kappa shape index (κ2) is 10.0. The topological polar surface area (TPSA) is 79.5 Å². The van der Waals surface area contributed by atoms with Gasteiger partial charge in [-0.05, 0) is 35.7 Å². The number of urea groups is 1. The predicted octanol–water partition coefficient (Wildman–Crippen LogP) is 1.99. The molecule has 6 nitrogen and oxygen atoms in total. The Kier molecular flexibility index (Phi) is 7.42. The molecule has 0 saturated heterocycles. The van der Waals surface area contributed by atoms with Crippen molar-refractivity contribution >= 4 is 11.9 Å². The molecule has 138 valence electrons. The average Bonchev–Trinajstić information content (AvgIpc) is 2.66. The third kappa shape index (κ3) is 6.43. The van der Waals surface area contributed by atoms with Crippen LogP contribution in [-0.2, 0) is 17.8 Å². The van der Waals surface area contributed by atoms with Crippen molar-refractivity contribution in [3.8, 4) is 5.75 Å². The number of nitrogens with one attached hydrogen (secondary N) is 3. The zero-order valence-corrected chi connectivity index (χ0v) is 14.5. The molecule has 26 heavy (non-hydrogen) atoms. The lowest BCUT2D eigenvalue weighted by atomic mass is 10.1. The van der Waals surface area contributed by atoms with Crippen LogP contribution in [-0.4, -0.2) is 32.1 Å². The molecule has 0 saturated carbocycles. The maximum absolute atomic E-state index is 12.8. The summed E-state index contributed by atoms with van der Waals surface area (Å²) in [5.41, 5.74) is 1.77. The first-order valence-electron chi connectivity index (χ1n) is 8.23. The fourth-order valence-corrected chi connectivity index (χ4v) is 2.32. The number of halogens is 1. The summed E-state index contributed by atoms with van der Waals surface area (Å²) in [6.45, 7) is 0.570. The third-order valence-electron chi connectivity index (χ3n) is 3.68. The van der Waals surface area contributed by atoms with E-state index in [0.717, 1.165) is 16.9 Å². The van der Waals surface area contributed by atoms with Crippen molar-refractivity contribution in [2.45, 2.75) is 13.0 Å². The van der Waals surface area contributed by atoms with Crippen molar-refractivity contribution in [2.24, 2.45) is 0 Å². The van der Waals surface area contributed by atoms with E-state index in [1.54, 1.807) is 19.2 Å². The molecule has 2 aromatic rings. The van der Waals surface area contributed by atoms with Gasteiger partial charge in [-0.2, -0.15) is 0 Å². The SMILES string of the molecule is COc1ccccc1CCNC(=O)CNC(=O)NCc1ccc(F)cc1. The second-order valence-electron chi connectivity index (χ2n) is 5.57. The maximum Gasteiger partial charge on any atom is 0.315 e. The molecule has 0 fully saturated rings. The van der Waals surface area contributed by atoms with E-state index in [2.05, 4.69) is 16.0 Å². The van der Waals surface area contributed by atoms with E-state index in [-0.39, 0.29) is 24.8 Å². The molecule has 0 aromatic heterocycles. The second-order valence-corrected chi connectivity index (χ2v) is 5.57. The molecular weight excluding hydrogens is 337 g/mol. The molecule has 0 atom stereocenters. The Bertz CT molecular complexity index is 735. The zero-order chi connectivity index (χ0) is 18.8. The molecule has 0 bridgehead atoms. The molecule has 3 N–H and O–H groups in total. The summed E-state index contributed by atoms with van der Waals surface area (Å²) in [4.78, 5) is 23.5. The van der Waals surface area contributed by atoms with Gasteiger partial charge in [0.25, 0.3) is 0 Å². The number of rotatable bonds is 8. The normalized spacial score (nSPS) is 10.1. The minimum absolute atomic E-state index is 0.124. The minimum atomic E-state index is -0.464. The number of benzene rings is 2. The Morgan fingerprint density at radius 1 is 1.00 bits per heavy atom. The van der Waals surface area contributed by atoms with Crippen molar-refractivity contribution in [1.82, 2.24) is 16.0 Å². The first kappa shape index (κ1) is 19.2. The summed E-state index contributed by atoms with van der Waals surface area (Å²) in [5, 5.41) is 7.82. The number of carbonyl (C=O) groups is 2. The molecule has 0 radical (unpaired) electrons. The summed E-state index contributed by atoms with van der Waals surface area (Å²) in [6.07, 6.45) is 0.631. The molecule has 0 aliphatic carbocycles. The van der Waals surface area contributed by atoms with Gasteiger partial charge in [0.15, 0.2) is 0 Å². The van der Waals surface area contributed by atoms with E-state index in [1.807, 2.05) is 24.3 Å². The van der Waals surface area contributed by atoms with E-state index in [4.69, 9.17) is 4.74 Å². The summed E-state index contributed by atoms with van der Waals surface area (Å²) in [6, 6.07) is 12.9. The quantitative estimate of drug-likeness (QED) is 0.674. The maximum atomic E-state index is 12.8. The highest BCUT2D eigenvalue weighted by Crippen LogP contribution is 2.17. The van der Waals surface area contributed by atoms with Gasteiger partial charge in [-0.3, -0.25) is 4.79 Å². The lowest BCUT2D eigenvalue weighted by molar-refractivity contribution is -0.120. The predicted molar refractivity (Wildman–Crippen MR) is 96.3 cm³/mol. The number of methoxy groups -OCH3 is 1. The molecular formula is C19H22FN3O3. The molecule has 2 rings (SSSR count). The van der Waals surface area contributed by atoms with Gasteiger partial charge in [0.1, 0.15) is 11.6 Å². The summed E-state index contributed by atoms with van der Waals surface area (Å²) < 4.78 is 18.0. The average molecular weight is 359 g/mol. The number of hydrogen-bond acceptors (Lipinski definition) is 3. The summed E-state index contributed by atoms with van der Waals surface area (Å²) in [5.74, 6) is 0.167. The Labute approximate surface area is 151 Å². The highest BCUT2D eigenvalue weighted by Gasteiger charge is 2.06. The van der Waals surface area contributed by atoms with Crippen molar-refractivity contribution in [3.63, 3.8) is 0 Å². The van der Waals surface area contributed by atoms with Crippen molar-refractivity contribution in [2.75, 3.05) is 20.2 Å². The van der Waals surface area contributed by atoms with Crippen molar-refractivity contribution < 1.29 is 18.7 Å². The number of hydrogen-bond donors (Lipinski definition) is 3. The highest BCUT2D eigenvalue weighted by molar-refractivity contribution is 5.83. The van der Waals surface area contributed by atoms with E-state index in [0.29, 0.717) is 13.0 Å². The summed E-state index contributed by atoms with van der Waals surface area (Å²) >= 11 is 0. The Morgan fingerprint density at radius 2 is 1.73 bits per heavy atom. The fraction of sp³-hybridized carbons (Fsp3) is 0.263. The molecule has 7 heteroatoms. The monoisotopic (exact) mass is 359 g/mol.